The molecule has 1 aliphatic rings. The molecule has 1 aliphatic heterocycles. The Morgan fingerprint density at radius 1 is 1.09 bits per heavy atom. The van der Waals surface area contributed by atoms with Crippen molar-refractivity contribution in [3.05, 3.63) is 52.1 Å². The highest BCUT2D eigenvalue weighted by Gasteiger charge is 2.25. The number of nitrogens with zero attached hydrogens (tertiary/aromatic N) is 3. The summed E-state index contributed by atoms with van der Waals surface area (Å²) >= 11 is 0. The molecule has 2 N–H and O–H groups in total. The van der Waals surface area contributed by atoms with Crippen LogP contribution < -0.4 is 14.8 Å². The summed E-state index contributed by atoms with van der Waals surface area (Å²) in [5, 5.41) is 23.4. The molecule has 0 unspecified atom stereocenters. The number of nitrogens with one attached hydrogen (secondary N) is 1. The van der Waals surface area contributed by atoms with Crippen LogP contribution in [0.2, 0.25) is 0 Å². The van der Waals surface area contributed by atoms with E-state index < -0.39 is 22.3 Å². The number of carbonyl (C=O) groups is 2. The van der Waals surface area contributed by atoms with Crippen LogP contribution in [0.1, 0.15) is 10.4 Å². The summed E-state index contributed by atoms with van der Waals surface area (Å²) in [4.78, 5) is 38.9. The molecule has 178 valence electrons. The highest BCUT2D eigenvalue weighted by Crippen LogP contribution is 2.33. The molecule has 2 aromatic rings. The Kier molecular flexibility index (Phi) is 8.83. The van der Waals surface area contributed by atoms with Crippen molar-refractivity contribution >= 4 is 35.6 Å². The van der Waals surface area contributed by atoms with Gasteiger partial charge in [0.1, 0.15) is 0 Å². The number of aromatic hydroxyl groups is 1. The van der Waals surface area contributed by atoms with Gasteiger partial charge in [-0.1, -0.05) is 6.07 Å². The molecule has 1 saturated heterocycles. The van der Waals surface area contributed by atoms with Crippen LogP contribution in [0.5, 0.6) is 17.2 Å². The van der Waals surface area contributed by atoms with Gasteiger partial charge in [0.15, 0.2) is 11.5 Å². The van der Waals surface area contributed by atoms with Gasteiger partial charge in [-0.05, 0) is 24.3 Å². The SMILES string of the molecule is COc1ccc(C(=O)N2CCN(CC(=O)Nc3cccc([N+](=O)[O-])c3O)CC2)cc1OC.Cl. The number of benzene rings is 2. The van der Waals surface area contributed by atoms with Crippen LogP contribution in [0.15, 0.2) is 36.4 Å². The zero-order valence-electron chi connectivity index (χ0n) is 18.1. The van der Waals surface area contributed by atoms with Crippen LogP contribution >= 0.6 is 12.4 Å². The van der Waals surface area contributed by atoms with Crippen molar-refractivity contribution in [2.75, 3.05) is 52.3 Å². The third kappa shape index (κ3) is 6.02. The molecule has 0 atom stereocenters. The van der Waals surface area contributed by atoms with E-state index in [2.05, 4.69) is 5.32 Å². The molecule has 11 nitrogen and oxygen atoms in total. The molecular formula is C21H25ClN4O7. The number of anilines is 1. The standard InChI is InChI=1S/C21H24N4O7.ClH/c1-31-17-7-6-14(12-18(17)32-2)21(28)24-10-8-23(9-11-24)13-19(26)22-15-4-3-5-16(20(15)27)25(29)30;/h3-7,12,27H,8-11,13H2,1-2H3,(H,22,26);1H. The van der Waals surface area contributed by atoms with E-state index >= 15 is 0 Å². The van der Waals surface area contributed by atoms with Gasteiger partial charge in [0.2, 0.25) is 11.7 Å². The van der Waals surface area contributed by atoms with Crippen LogP contribution in [-0.4, -0.2) is 78.6 Å². The fourth-order valence-electron chi connectivity index (χ4n) is 3.43. The second-order valence-electron chi connectivity index (χ2n) is 7.12. The lowest BCUT2D eigenvalue weighted by atomic mass is 10.1. The number of phenols is 1. The van der Waals surface area contributed by atoms with Crippen molar-refractivity contribution < 1.29 is 29.1 Å². The number of halogens is 1. The number of nitro benzene ring substituents is 1. The first kappa shape index (κ1) is 25.7. The second-order valence-corrected chi connectivity index (χ2v) is 7.12. The molecule has 1 fully saturated rings. The number of ether oxygens (including phenoxy) is 2. The lowest BCUT2D eigenvalue weighted by Gasteiger charge is -2.34. The van der Waals surface area contributed by atoms with Crippen molar-refractivity contribution in [3.63, 3.8) is 0 Å². The summed E-state index contributed by atoms with van der Waals surface area (Å²) in [6.07, 6.45) is 0. The summed E-state index contributed by atoms with van der Waals surface area (Å²) in [7, 11) is 3.03. The predicted molar refractivity (Wildman–Crippen MR) is 123 cm³/mol. The third-order valence-corrected chi connectivity index (χ3v) is 5.14. The van der Waals surface area contributed by atoms with E-state index in [1.165, 1.54) is 26.4 Å². The zero-order chi connectivity index (χ0) is 23.3. The van der Waals surface area contributed by atoms with Crippen LogP contribution in [0, 0.1) is 10.1 Å². The summed E-state index contributed by atoms with van der Waals surface area (Å²) in [5.41, 5.74) is -0.0217. The number of rotatable bonds is 7. The first-order chi connectivity index (χ1) is 15.3. The van der Waals surface area contributed by atoms with Crippen molar-refractivity contribution in [3.8, 4) is 17.2 Å². The minimum atomic E-state index is -0.723. The van der Waals surface area contributed by atoms with Gasteiger partial charge >= 0.3 is 5.69 Å². The Bertz CT molecular complexity index is 1030. The van der Waals surface area contributed by atoms with E-state index in [9.17, 15) is 24.8 Å². The molecule has 2 amide bonds. The monoisotopic (exact) mass is 480 g/mol. The predicted octanol–water partition coefficient (Wildman–Crippen LogP) is 2.14. The highest BCUT2D eigenvalue weighted by molar-refractivity contribution is 5.95. The molecule has 0 aliphatic carbocycles. The molecule has 0 bridgehead atoms. The molecule has 33 heavy (non-hydrogen) atoms. The van der Waals surface area contributed by atoms with Gasteiger partial charge < -0.3 is 24.8 Å². The number of nitro groups is 1. The topological polar surface area (TPSA) is 134 Å². The number of piperazine rings is 1. The Hall–Kier alpha value is -3.57. The first-order valence-corrected chi connectivity index (χ1v) is 9.84. The van der Waals surface area contributed by atoms with Crippen LogP contribution in [0.4, 0.5) is 11.4 Å². The Morgan fingerprint density at radius 2 is 1.76 bits per heavy atom. The quantitative estimate of drug-likeness (QED) is 0.349. The van der Waals surface area contributed by atoms with Gasteiger partial charge in [-0.15, -0.1) is 12.4 Å². The molecule has 0 radical (unpaired) electrons. The summed E-state index contributed by atoms with van der Waals surface area (Å²) in [5.74, 6) is -0.138. The van der Waals surface area contributed by atoms with E-state index in [-0.39, 0.29) is 30.5 Å². The molecule has 0 aromatic heterocycles. The average molecular weight is 481 g/mol. The van der Waals surface area contributed by atoms with Crippen LogP contribution in [0.25, 0.3) is 0 Å². The van der Waals surface area contributed by atoms with Crippen molar-refractivity contribution in [1.82, 2.24) is 9.80 Å². The van der Waals surface area contributed by atoms with Crippen LogP contribution in [-0.2, 0) is 4.79 Å². The lowest BCUT2D eigenvalue weighted by Crippen LogP contribution is -2.50. The Labute approximate surface area is 196 Å². The van der Waals surface area contributed by atoms with Gasteiger partial charge in [-0.25, -0.2) is 0 Å². The molecule has 0 saturated carbocycles. The second kappa shape index (κ2) is 11.3. The van der Waals surface area contributed by atoms with Crippen molar-refractivity contribution in [2.45, 2.75) is 0 Å². The van der Waals surface area contributed by atoms with Crippen molar-refractivity contribution in [2.24, 2.45) is 0 Å². The molecule has 3 rings (SSSR count). The van der Waals surface area contributed by atoms with E-state index in [0.29, 0.717) is 43.2 Å². The zero-order valence-corrected chi connectivity index (χ0v) is 19.0. The maximum atomic E-state index is 12.8. The van der Waals surface area contributed by atoms with E-state index in [4.69, 9.17) is 9.47 Å². The number of carbonyl (C=O) groups excluding carboxylic acids is 2. The molecule has 12 heteroatoms. The average Bonchev–Trinajstić information content (AvgIpc) is 2.79. The summed E-state index contributed by atoms with van der Waals surface area (Å²) < 4.78 is 10.4. The molecular weight excluding hydrogens is 456 g/mol. The van der Waals surface area contributed by atoms with Gasteiger partial charge in [0.05, 0.1) is 31.4 Å². The van der Waals surface area contributed by atoms with Gasteiger partial charge in [-0.2, -0.15) is 0 Å². The lowest BCUT2D eigenvalue weighted by molar-refractivity contribution is -0.385. The maximum Gasteiger partial charge on any atom is 0.312 e. The Morgan fingerprint density at radius 3 is 2.36 bits per heavy atom. The minimum Gasteiger partial charge on any atom is -0.501 e. The first-order valence-electron chi connectivity index (χ1n) is 9.84. The number of hydrogen-bond donors (Lipinski definition) is 2. The highest BCUT2D eigenvalue weighted by atomic mass is 35.5. The Balaban J connectivity index is 0.00000385. The number of amides is 2. The van der Waals surface area contributed by atoms with E-state index in [1.54, 1.807) is 23.1 Å². The molecule has 1 heterocycles. The normalized spacial score (nSPS) is 13.6. The smallest absolute Gasteiger partial charge is 0.312 e. The largest absolute Gasteiger partial charge is 0.501 e. The van der Waals surface area contributed by atoms with Crippen LogP contribution in [0.3, 0.4) is 0 Å². The van der Waals surface area contributed by atoms with Crippen molar-refractivity contribution in [1.29, 1.82) is 0 Å². The van der Waals surface area contributed by atoms with Gasteiger partial charge in [0.25, 0.3) is 5.91 Å². The summed E-state index contributed by atoms with van der Waals surface area (Å²) in [6, 6.07) is 8.91. The molecule has 0 spiro atoms. The molecule has 2 aromatic carbocycles. The van der Waals surface area contributed by atoms with Gasteiger partial charge in [0, 0.05) is 37.8 Å². The number of methoxy groups -OCH3 is 2. The number of hydrogen-bond acceptors (Lipinski definition) is 8. The summed E-state index contributed by atoms with van der Waals surface area (Å²) in [6.45, 7) is 1.85. The maximum absolute atomic E-state index is 12.8. The van der Waals surface area contributed by atoms with Gasteiger partial charge in [-0.3, -0.25) is 24.6 Å². The number of para-hydroxylation sites is 1. The fraction of sp³-hybridized carbons (Fsp3) is 0.333. The van der Waals surface area contributed by atoms with E-state index in [0.717, 1.165) is 6.07 Å². The van der Waals surface area contributed by atoms with E-state index in [1.807, 2.05) is 4.90 Å². The fourth-order valence-corrected chi connectivity index (χ4v) is 3.43. The minimum absolute atomic E-state index is 0. The third-order valence-electron chi connectivity index (χ3n) is 5.14. The number of phenolic OH excluding ortho intramolecular Hbond substituents is 1.